The standard InChI is InChI=1S/C19H21NO2/c1-3-20(4-2)17-10-8-16(9-11-17)19(22)14-7-15-5-12-18(21)13-6-15/h5-14,21H,3-4H2,1-2H3. The van der Waals surface area contributed by atoms with Gasteiger partial charge in [0, 0.05) is 24.3 Å². The van der Waals surface area contributed by atoms with Crippen LogP contribution < -0.4 is 4.90 Å². The highest BCUT2D eigenvalue weighted by atomic mass is 16.3. The van der Waals surface area contributed by atoms with Crippen molar-refractivity contribution in [2.45, 2.75) is 13.8 Å². The Morgan fingerprint density at radius 1 is 1.00 bits per heavy atom. The first-order valence-electron chi connectivity index (χ1n) is 7.50. The molecule has 0 bridgehead atoms. The van der Waals surface area contributed by atoms with E-state index in [4.69, 9.17) is 0 Å². The van der Waals surface area contributed by atoms with Crippen LogP contribution in [0, 0.1) is 0 Å². The van der Waals surface area contributed by atoms with Gasteiger partial charge in [-0.25, -0.2) is 0 Å². The molecule has 0 spiro atoms. The van der Waals surface area contributed by atoms with Gasteiger partial charge < -0.3 is 10.0 Å². The number of anilines is 1. The first kappa shape index (κ1) is 15.8. The van der Waals surface area contributed by atoms with E-state index in [1.165, 1.54) is 0 Å². The zero-order valence-electron chi connectivity index (χ0n) is 13.0. The van der Waals surface area contributed by atoms with Crippen molar-refractivity contribution in [1.82, 2.24) is 0 Å². The molecule has 3 heteroatoms. The number of hydrogen-bond acceptors (Lipinski definition) is 3. The summed E-state index contributed by atoms with van der Waals surface area (Å²) in [7, 11) is 0. The molecule has 114 valence electrons. The minimum Gasteiger partial charge on any atom is -0.508 e. The topological polar surface area (TPSA) is 40.5 Å². The second kappa shape index (κ2) is 7.46. The van der Waals surface area contributed by atoms with Crippen molar-refractivity contribution in [3.8, 4) is 5.75 Å². The maximum absolute atomic E-state index is 12.2. The first-order chi connectivity index (χ1) is 10.6. The van der Waals surface area contributed by atoms with E-state index in [2.05, 4.69) is 18.7 Å². The Morgan fingerprint density at radius 2 is 1.59 bits per heavy atom. The lowest BCUT2D eigenvalue weighted by Crippen LogP contribution is -2.21. The molecule has 0 aliphatic carbocycles. The Labute approximate surface area is 131 Å². The predicted octanol–water partition coefficient (Wildman–Crippen LogP) is 4.13. The minimum absolute atomic E-state index is 0.0285. The summed E-state index contributed by atoms with van der Waals surface area (Å²) in [5.41, 5.74) is 2.68. The lowest BCUT2D eigenvalue weighted by Gasteiger charge is -2.20. The number of aromatic hydroxyl groups is 1. The summed E-state index contributed by atoms with van der Waals surface area (Å²) in [6, 6.07) is 14.4. The SMILES string of the molecule is CCN(CC)c1ccc(C(=O)C=Cc2ccc(O)cc2)cc1. The molecule has 1 N–H and O–H groups in total. The molecule has 3 nitrogen and oxygen atoms in total. The number of phenols is 1. The van der Waals surface area contributed by atoms with Crippen molar-refractivity contribution < 1.29 is 9.90 Å². The summed E-state index contributed by atoms with van der Waals surface area (Å²) in [4.78, 5) is 14.4. The number of allylic oxidation sites excluding steroid dienone is 1. The Bertz CT molecular complexity index is 638. The van der Waals surface area contributed by atoms with Crippen LogP contribution in [0.2, 0.25) is 0 Å². The molecular formula is C19H21NO2. The fourth-order valence-electron chi connectivity index (χ4n) is 2.28. The number of nitrogens with zero attached hydrogens (tertiary/aromatic N) is 1. The number of carbonyl (C=O) groups excluding carboxylic acids is 1. The smallest absolute Gasteiger partial charge is 0.185 e. The van der Waals surface area contributed by atoms with E-state index in [9.17, 15) is 9.90 Å². The number of rotatable bonds is 6. The highest BCUT2D eigenvalue weighted by Crippen LogP contribution is 2.16. The van der Waals surface area contributed by atoms with Crippen molar-refractivity contribution in [2.24, 2.45) is 0 Å². The molecule has 0 saturated carbocycles. The summed E-state index contributed by atoms with van der Waals surface area (Å²) >= 11 is 0. The van der Waals surface area contributed by atoms with Crippen molar-refractivity contribution >= 4 is 17.5 Å². The van der Waals surface area contributed by atoms with Gasteiger partial charge in [-0.15, -0.1) is 0 Å². The Hall–Kier alpha value is -2.55. The molecule has 22 heavy (non-hydrogen) atoms. The van der Waals surface area contributed by atoms with Crippen LogP contribution in [0.15, 0.2) is 54.6 Å². The molecule has 0 unspecified atom stereocenters. The normalized spacial score (nSPS) is 10.8. The summed E-state index contributed by atoms with van der Waals surface area (Å²) in [5, 5.41) is 9.23. The van der Waals surface area contributed by atoms with E-state index >= 15 is 0 Å². The zero-order chi connectivity index (χ0) is 15.9. The van der Waals surface area contributed by atoms with E-state index in [0.717, 1.165) is 24.3 Å². The van der Waals surface area contributed by atoms with Gasteiger partial charge in [0.2, 0.25) is 0 Å². The third kappa shape index (κ3) is 3.98. The number of hydrogen-bond donors (Lipinski definition) is 1. The van der Waals surface area contributed by atoms with Gasteiger partial charge in [-0.1, -0.05) is 18.2 Å². The summed E-state index contributed by atoms with van der Waals surface area (Å²) in [6.45, 7) is 6.13. The molecule has 2 rings (SSSR count). The van der Waals surface area contributed by atoms with Crippen LogP contribution in [0.5, 0.6) is 5.75 Å². The maximum atomic E-state index is 12.2. The molecule has 0 heterocycles. The van der Waals surface area contributed by atoms with Gasteiger partial charge in [0.05, 0.1) is 0 Å². The van der Waals surface area contributed by atoms with Gasteiger partial charge in [-0.05, 0) is 61.9 Å². The molecule has 0 aliphatic rings. The van der Waals surface area contributed by atoms with Crippen molar-refractivity contribution in [2.75, 3.05) is 18.0 Å². The van der Waals surface area contributed by atoms with E-state index in [0.29, 0.717) is 5.56 Å². The number of benzene rings is 2. The quantitative estimate of drug-likeness (QED) is 0.643. The number of ketones is 1. The lowest BCUT2D eigenvalue weighted by molar-refractivity contribution is 0.104. The van der Waals surface area contributed by atoms with E-state index in [1.54, 1.807) is 36.4 Å². The molecule has 2 aromatic carbocycles. The van der Waals surface area contributed by atoms with Gasteiger partial charge in [-0.3, -0.25) is 4.79 Å². The molecule has 0 atom stereocenters. The van der Waals surface area contributed by atoms with Gasteiger partial charge in [0.25, 0.3) is 0 Å². The van der Waals surface area contributed by atoms with Gasteiger partial charge in [0.15, 0.2) is 5.78 Å². The van der Waals surface area contributed by atoms with Gasteiger partial charge in [0.1, 0.15) is 5.75 Å². The van der Waals surface area contributed by atoms with Crippen LogP contribution in [0.3, 0.4) is 0 Å². The summed E-state index contributed by atoms with van der Waals surface area (Å²) < 4.78 is 0. The van der Waals surface area contributed by atoms with Crippen molar-refractivity contribution in [3.63, 3.8) is 0 Å². The Morgan fingerprint density at radius 3 is 2.14 bits per heavy atom. The fraction of sp³-hybridized carbons (Fsp3) is 0.211. The van der Waals surface area contributed by atoms with Gasteiger partial charge in [-0.2, -0.15) is 0 Å². The van der Waals surface area contributed by atoms with Crippen LogP contribution in [-0.4, -0.2) is 24.0 Å². The van der Waals surface area contributed by atoms with E-state index in [1.807, 2.05) is 24.3 Å². The highest BCUT2D eigenvalue weighted by Gasteiger charge is 2.04. The van der Waals surface area contributed by atoms with Crippen LogP contribution in [0.4, 0.5) is 5.69 Å². The lowest BCUT2D eigenvalue weighted by atomic mass is 10.1. The average Bonchev–Trinajstić information content (AvgIpc) is 2.56. The molecular weight excluding hydrogens is 274 g/mol. The van der Waals surface area contributed by atoms with E-state index < -0.39 is 0 Å². The summed E-state index contributed by atoms with van der Waals surface area (Å²) in [6.07, 6.45) is 3.30. The van der Waals surface area contributed by atoms with Gasteiger partial charge >= 0.3 is 0 Å². The molecule has 2 aromatic rings. The molecule has 0 aromatic heterocycles. The van der Waals surface area contributed by atoms with Crippen molar-refractivity contribution in [3.05, 3.63) is 65.7 Å². The fourth-order valence-corrected chi connectivity index (χ4v) is 2.28. The monoisotopic (exact) mass is 295 g/mol. The number of phenolic OH excluding ortho intramolecular Hbond substituents is 1. The maximum Gasteiger partial charge on any atom is 0.185 e. The van der Waals surface area contributed by atoms with Crippen LogP contribution >= 0.6 is 0 Å². The molecule has 0 amide bonds. The van der Waals surface area contributed by atoms with Crippen LogP contribution in [0.25, 0.3) is 6.08 Å². The summed E-state index contributed by atoms with van der Waals surface area (Å²) in [5.74, 6) is 0.189. The molecule has 0 aliphatic heterocycles. The molecule has 0 saturated heterocycles. The van der Waals surface area contributed by atoms with E-state index in [-0.39, 0.29) is 11.5 Å². The largest absolute Gasteiger partial charge is 0.508 e. The molecule has 0 fully saturated rings. The minimum atomic E-state index is -0.0285. The third-order valence-electron chi connectivity index (χ3n) is 3.60. The Kier molecular flexibility index (Phi) is 5.37. The zero-order valence-corrected chi connectivity index (χ0v) is 13.0. The predicted molar refractivity (Wildman–Crippen MR) is 91.5 cm³/mol. The van der Waals surface area contributed by atoms with Crippen LogP contribution in [0.1, 0.15) is 29.8 Å². The highest BCUT2D eigenvalue weighted by molar-refractivity contribution is 6.06. The third-order valence-corrected chi connectivity index (χ3v) is 3.60. The first-order valence-corrected chi connectivity index (χ1v) is 7.50. The number of carbonyl (C=O) groups is 1. The second-order valence-corrected chi connectivity index (χ2v) is 5.01. The second-order valence-electron chi connectivity index (χ2n) is 5.01. The average molecular weight is 295 g/mol. The Balaban J connectivity index is 2.08. The van der Waals surface area contributed by atoms with Crippen LogP contribution in [-0.2, 0) is 0 Å². The molecule has 0 radical (unpaired) electrons. The van der Waals surface area contributed by atoms with Crippen molar-refractivity contribution in [1.29, 1.82) is 0 Å².